The average Bonchev–Trinajstić information content (AvgIpc) is 3.31. The number of hydrogen-bond donors (Lipinski definition) is 0. The molecule has 1 aliphatic rings. The predicted molar refractivity (Wildman–Crippen MR) is 106 cm³/mol. The molecule has 0 N–H and O–H groups in total. The van der Waals surface area contributed by atoms with Gasteiger partial charge in [0.05, 0.1) is 33.0 Å². The van der Waals surface area contributed by atoms with Crippen molar-refractivity contribution in [2.45, 2.75) is 0 Å². The van der Waals surface area contributed by atoms with Crippen LogP contribution < -0.4 is 19.1 Å². The minimum Gasteiger partial charge on any atom is -0.493 e. The first-order chi connectivity index (χ1) is 14.2. The molecule has 1 fully saturated rings. The Balaban J connectivity index is 1.64. The number of carbonyl (C=O) groups excluding carboxylic acids is 1. The van der Waals surface area contributed by atoms with Crippen molar-refractivity contribution in [2.75, 3.05) is 52.4 Å². The zero-order chi connectivity index (χ0) is 20.4. The number of piperazine rings is 1. The number of furan rings is 1. The van der Waals surface area contributed by atoms with Crippen LogP contribution in [-0.2, 0) is 0 Å². The molecule has 2 aromatic heterocycles. The minimum atomic E-state index is -0.102. The van der Waals surface area contributed by atoms with Crippen molar-refractivity contribution in [3.63, 3.8) is 0 Å². The van der Waals surface area contributed by atoms with E-state index in [1.807, 2.05) is 6.07 Å². The summed E-state index contributed by atoms with van der Waals surface area (Å²) < 4.78 is 21.7. The van der Waals surface area contributed by atoms with Crippen molar-refractivity contribution in [2.24, 2.45) is 0 Å². The van der Waals surface area contributed by atoms with Gasteiger partial charge in [0.15, 0.2) is 17.3 Å². The van der Waals surface area contributed by atoms with Crippen LogP contribution in [0.4, 0.5) is 5.82 Å². The molecule has 152 valence electrons. The number of benzene rings is 1. The van der Waals surface area contributed by atoms with Crippen molar-refractivity contribution in [1.29, 1.82) is 0 Å². The molecule has 0 saturated carbocycles. The summed E-state index contributed by atoms with van der Waals surface area (Å²) in [5.41, 5.74) is 0.643. The molecule has 0 bridgehead atoms. The van der Waals surface area contributed by atoms with E-state index in [2.05, 4.69) is 14.9 Å². The van der Waals surface area contributed by atoms with Crippen LogP contribution in [-0.4, -0.2) is 68.3 Å². The second kappa shape index (κ2) is 7.86. The predicted octanol–water partition coefficient (Wildman–Crippen LogP) is 2.21. The third-order valence-electron chi connectivity index (χ3n) is 5.01. The number of rotatable bonds is 5. The number of carbonyl (C=O) groups is 1. The largest absolute Gasteiger partial charge is 0.493 e. The Hall–Kier alpha value is -3.49. The summed E-state index contributed by atoms with van der Waals surface area (Å²) in [5, 5.41) is 0.799. The van der Waals surface area contributed by atoms with E-state index in [1.165, 1.54) is 12.6 Å². The van der Waals surface area contributed by atoms with Gasteiger partial charge in [-0.15, -0.1) is 0 Å². The maximum Gasteiger partial charge on any atom is 0.289 e. The topological polar surface area (TPSA) is 90.2 Å². The highest BCUT2D eigenvalue weighted by Crippen LogP contribution is 2.44. The molecule has 0 radical (unpaired) electrons. The van der Waals surface area contributed by atoms with Gasteiger partial charge < -0.3 is 28.4 Å². The van der Waals surface area contributed by atoms with E-state index in [0.29, 0.717) is 54.7 Å². The smallest absolute Gasteiger partial charge is 0.289 e. The van der Waals surface area contributed by atoms with Crippen LogP contribution >= 0.6 is 0 Å². The average molecular weight is 398 g/mol. The van der Waals surface area contributed by atoms with Crippen LogP contribution in [0.15, 0.2) is 35.2 Å². The summed E-state index contributed by atoms with van der Waals surface area (Å²) >= 11 is 0. The molecule has 1 aliphatic heterocycles. The highest BCUT2D eigenvalue weighted by Gasteiger charge is 2.27. The molecule has 3 aromatic rings. The SMILES string of the molecule is COc1cc2c(N3CCN(C(=O)c4ccco4)CC3)ncnc2c(OC)c1OC. The molecule has 9 heteroatoms. The normalized spacial score (nSPS) is 14.2. The molecule has 1 amide bonds. The summed E-state index contributed by atoms with van der Waals surface area (Å²) in [7, 11) is 4.70. The number of nitrogens with zero attached hydrogens (tertiary/aromatic N) is 4. The van der Waals surface area contributed by atoms with Gasteiger partial charge in [-0.2, -0.15) is 0 Å². The van der Waals surface area contributed by atoms with Gasteiger partial charge >= 0.3 is 0 Å². The second-order valence-electron chi connectivity index (χ2n) is 6.50. The zero-order valence-electron chi connectivity index (χ0n) is 16.5. The lowest BCUT2D eigenvalue weighted by Gasteiger charge is -2.35. The first-order valence-electron chi connectivity index (χ1n) is 9.19. The molecule has 1 saturated heterocycles. The van der Waals surface area contributed by atoms with Gasteiger partial charge in [-0.05, 0) is 18.2 Å². The molecular formula is C20H22N4O5. The van der Waals surface area contributed by atoms with Crippen LogP contribution in [0.1, 0.15) is 10.6 Å². The van der Waals surface area contributed by atoms with Gasteiger partial charge in [0, 0.05) is 26.2 Å². The maximum atomic E-state index is 12.5. The fourth-order valence-corrected chi connectivity index (χ4v) is 3.58. The Labute approximate surface area is 167 Å². The molecule has 0 unspecified atom stereocenters. The highest BCUT2D eigenvalue weighted by molar-refractivity contribution is 5.97. The molecule has 29 heavy (non-hydrogen) atoms. The van der Waals surface area contributed by atoms with E-state index in [9.17, 15) is 4.79 Å². The lowest BCUT2D eigenvalue weighted by Crippen LogP contribution is -2.49. The Morgan fingerprint density at radius 1 is 1.03 bits per heavy atom. The monoisotopic (exact) mass is 398 g/mol. The molecule has 0 atom stereocenters. The number of ether oxygens (including phenoxy) is 3. The molecule has 9 nitrogen and oxygen atoms in total. The maximum absolute atomic E-state index is 12.5. The summed E-state index contributed by atoms with van der Waals surface area (Å²) in [5.74, 6) is 2.54. The molecule has 1 aromatic carbocycles. The van der Waals surface area contributed by atoms with E-state index in [0.717, 1.165) is 11.2 Å². The van der Waals surface area contributed by atoms with E-state index >= 15 is 0 Å². The van der Waals surface area contributed by atoms with Crippen molar-refractivity contribution in [3.8, 4) is 17.2 Å². The summed E-state index contributed by atoms with van der Waals surface area (Å²) in [6.07, 6.45) is 3.01. The number of hydrogen-bond acceptors (Lipinski definition) is 8. The van der Waals surface area contributed by atoms with Gasteiger partial charge in [-0.3, -0.25) is 4.79 Å². The number of aromatic nitrogens is 2. The summed E-state index contributed by atoms with van der Waals surface area (Å²) in [4.78, 5) is 25.3. The van der Waals surface area contributed by atoms with Crippen LogP contribution in [0.3, 0.4) is 0 Å². The van der Waals surface area contributed by atoms with E-state index in [4.69, 9.17) is 18.6 Å². The van der Waals surface area contributed by atoms with Gasteiger partial charge in [-0.1, -0.05) is 0 Å². The highest BCUT2D eigenvalue weighted by atomic mass is 16.5. The Bertz CT molecular complexity index is 1010. The quantitative estimate of drug-likeness (QED) is 0.646. The summed E-state index contributed by atoms with van der Waals surface area (Å²) in [6, 6.07) is 5.25. The number of fused-ring (bicyclic) bond motifs is 1. The Kier molecular flexibility index (Phi) is 5.11. The van der Waals surface area contributed by atoms with Gasteiger partial charge in [0.1, 0.15) is 17.7 Å². The molecule has 4 rings (SSSR count). The lowest BCUT2D eigenvalue weighted by molar-refractivity contribution is 0.0714. The third kappa shape index (κ3) is 3.28. The molecule has 0 spiro atoms. The standard InChI is InChI=1S/C20H22N4O5/c1-26-15-11-13-16(18(28-3)17(15)27-2)21-12-22-19(13)23-6-8-24(9-7-23)20(25)14-5-4-10-29-14/h4-5,10-12H,6-9H2,1-3H3. The van der Waals surface area contributed by atoms with E-state index < -0.39 is 0 Å². The van der Waals surface area contributed by atoms with Crippen molar-refractivity contribution in [3.05, 3.63) is 36.5 Å². The first-order valence-corrected chi connectivity index (χ1v) is 9.19. The van der Waals surface area contributed by atoms with Crippen LogP contribution in [0.2, 0.25) is 0 Å². The first kappa shape index (κ1) is 18.9. The molecule has 3 heterocycles. The van der Waals surface area contributed by atoms with Gasteiger partial charge in [-0.25, -0.2) is 9.97 Å². The zero-order valence-corrected chi connectivity index (χ0v) is 16.5. The van der Waals surface area contributed by atoms with Crippen LogP contribution in [0.5, 0.6) is 17.2 Å². The third-order valence-corrected chi connectivity index (χ3v) is 5.01. The van der Waals surface area contributed by atoms with Crippen molar-refractivity contribution < 1.29 is 23.4 Å². The summed E-state index contributed by atoms with van der Waals surface area (Å²) in [6.45, 7) is 2.40. The minimum absolute atomic E-state index is 0.102. The van der Waals surface area contributed by atoms with E-state index in [-0.39, 0.29) is 5.91 Å². The van der Waals surface area contributed by atoms with Gasteiger partial charge in [0.2, 0.25) is 5.75 Å². The fourth-order valence-electron chi connectivity index (χ4n) is 3.58. The Morgan fingerprint density at radius 3 is 2.41 bits per heavy atom. The lowest BCUT2D eigenvalue weighted by atomic mass is 10.1. The van der Waals surface area contributed by atoms with Gasteiger partial charge in [0.25, 0.3) is 5.91 Å². The number of amides is 1. The van der Waals surface area contributed by atoms with Crippen LogP contribution in [0, 0.1) is 0 Å². The van der Waals surface area contributed by atoms with E-state index in [1.54, 1.807) is 38.4 Å². The van der Waals surface area contributed by atoms with Crippen LogP contribution in [0.25, 0.3) is 10.9 Å². The number of anilines is 1. The second-order valence-corrected chi connectivity index (χ2v) is 6.50. The van der Waals surface area contributed by atoms with Crippen molar-refractivity contribution >= 4 is 22.6 Å². The molecular weight excluding hydrogens is 376 g/mol. The fraction of sp³-hybridized carbons (Fsp3) is 0.350. The molecule has 0 aliphatic carbocycles. The Morgan fingerprint density at radius 2 is 1.79 bits per heavy atom. The van der Waals surface area contributed by atoms with Crippen molar-refractivity contribution in [1.82, 2.24) is 14.9 Å². The number of methoxy groups -OCH3 is 3.